The number of hydrogen-bond donors (Lipinski definition) is 3. The molecule has 0 radical (unpaired) electrons. The van der Waals surface area contributed by atoms with Gasteiger partial charge in [0, 0.05) is 10.6 Å². The first-order chi connectivity index (χ1) is 14.0. The number of halogens is 1. The van der Waals surface area contributed by atoms with E-state index in [-0.39, 0.29) is 22.6 Å². The van der Waals surface area contributed by atoms with Gasteiger partial charge in [0.2, 0.25) is 5.91 Å². The number of fused-ring (bicyclic) bond motifs is 1. The van der Waals surface area contributed by atoms with Crippen molar-refractivity contribution in [3.63, 3.8) is 0 Å². The van der Waals surface area contributed by atoms with Crippen LogP contribution in [0.5, 0.6) is 0 Å². The minimum Gasteiger partial charge on any atom is -0.465 e. The van der Waals surface area contributed by atoms with Crippen LogP contribution in [0.15, 0.2) is 24.3 Å². The van der Waals surface area contributed by atoms with Gasteiger partial charge in [-0.2, -0.15) is 0 Å². The molecule has 1 aromatic heterocycles. The van der Waals surface area contributed by atoms with E-state index in [4.69, 9.17) is 17.0 Å². The molecule has 154 valence electrons. The Morgan fingerprint density at radius 2 is 2.00 bits per heavy atom. The van der Waals surface area contributed by atoms with E-state index < -0.39 is 5.97 Å². The van der Waals surface area contributed by atoms with Crippen LogP contribution in [0, 0.1) is 5.82 Å². The van der Waals surface area contributed by atoms with Crippen molar-refractivity contribution >= 4 is 57.3 Å². The number of amides is 1. The lowest BCUT2D eigenvalue weighted by Crippen LogP contribution is -2.44. The second kappa shape index (κ2) is 10.0. The third-order valence-electron chi connectivity index (χ3n) is 4.27. The van der Waals surface area contributed by atoms with Crippen molar-refractivity contribution in [1.82, 2.24) is 10.9 Å². The molecule has 1 aliphatic carbocycles. The van der Waals surface area contributed by atoms with Crippen molar-refractivity contribution < 1.29 is 18.7 Å². The van der Waals surface area contributed by atoms with Crippen molar-refractivity contribution in [2.24, 2.45) is 0 Å². The average molecular weight is 454 g/mol. The van der Waals surface area contributed by atoms with Crippen LogP contribution in [0.2, 0.25) is 0 Å². The van der Waals surface area contributed by atoms with Crippen LogP contribution in [0.1, 0.15) is 32.8 Å². The van der Waals surface area contributed by atoms with Gasteiger partial charge in [-0.05, 0) is 54.7 Å². The van der Waals surface area contributed by atoms with E-state index in [0.29, 0.717) is 16.3 Å². The molecule has 0 saturated heterocycles. The summed E-state index contributed by atoms with van der Waals surface area (Å²) in [4.78, 5) is 25.3. The molecule has 3 N–H and O–H groups in total. The molecule has 0 atom stereocenters. The number of nitrogens with one attached hydrogen (secondary N) is 3. The fourth-order valence-corrected chi connectivity index (χ4v) is 5.24. The summed E-state index contributed by atoms with van der Waals surface area (Å²) in [7, 11) is 1.35. The summed E-state index contributed by atoms with van der Waals surface area (Å²) in [5.74, 6) is -0.111. The van der Waals surface area contributed by atoms with Crippen molar-refractivity contribution in [1.29, 1.82) is 0 Å². The Morgan fingerprint density at radius 1 is 1.24 bits per heavy atom. The fourth-order valence-electron chi connectivity index (χ4n) is 2.95. The zero-order valence-corrected chi connectivity index (χ0v) is 18.1. The highest BCUT2D eigenvalue weighted by atomic mass is 32.2. The molecular weight excluding hydrogens is 433 g/mol. The number of rotatable bonds is 6. The van der Waals surface area contributed by atoms with Gasteiger partial charge in [-0.15, -0.1) is 23.1 Å². The van der Waals surface area contributed by atoms with Crippen LogP contribution in [0.25, 0.3) is 0 Å². The van der Waals surface area contributed by atoms with Gasteiger partial charge in [-0.1, -0.05) is 12.1 Å². The van der Waals surface area contributed by atoms with Crippen molar-refractivity contribution in [2.75, 3.05) is 18.2 Å². The van der Waals surface area contributed by atoms with Gasteiger partial charge in [-0.3, -0.25) is 15.6 Å². The Kier molecular flexibility index (Phi) is 7.45. The molecule has 0 aliphatic heterocycles. The molecule has 1 aromatic carbocycles. The SMILES string of the molecule is COC(=O)c1c(NC(=S)NNC(=O)CSCc2ccc(F)cc2)sc2c1CCC2. The number of hydrogen-bond acceptors (Lipinski definition) is 6. The first kappa shape index (κ1) is 21.5. The third-order valence-corrected chi connectivity index (χ3v) is 6.68. The van der Waals surface area contributed by atoms with Crippen LogP contribution >= 0.6 is 35.3 Å². The van der Waals surface area contributed by atoms with Crippen LogP contribution in [-0.2, 0) is 28.1 Å². The number of hydrazine groups is 1. The van der Waals surface area contributed by atoms with E-state index in [1.165, 1.54) is 42.3 Å². The highest BCUT2D eigenvalue weighted by Crippen LogP contribution is 2.39. The normalized spacial score (nSPS) is 12.2. The molecule has 3 rings (SSSR count). The number of carbonyl (C=O) groups is 2. The standard InChI is InChI=1S/C19H20FN3O3S3/c1-26-18(25)16-13-3-2-4-14(13)29-17(16)21-19(27)23-22-15(24)10-28-9-11-5-7-12(20)8-6-11/h5-8H,2-4,9-10H2,1H3,(H,22,24)(H2,21,23,27). The van der Waals surface area contributed by atoms with Crippen molar-refractivity contribution in [2.45, 2.75) is 25.0 Å². The highest BCUT2D eigenvalue weighted by Gasteiger charge is 2.27. The molecule has 0 bridgehead atoms. The molecule has 1 aliphatic rings. The molecule has 0 saturated carbocycles. The minimum absolute atomic E-state index is 0.187. The van der Waals surface area contributed by atoms with E-state index in [1.54, 1.807) is 12.1 Å². The molecule has 0 unspecified atom stereocenters. The minimum atomic E-state index is -0.393. The van der Waals surface area contributed by atoms with Gasteiger partial charge in [0.15, 0.2) is 5.11 Å². The number of carbonyl (C=O) groups excluding carboxylic acids is 2. The largest absolute Gasteiger partial charge is 0.465 e. The van der Waals surface area contributed by atoms with Crippen molar-refractivity contribution in [3.8, 4) is 0 Å². The van der Waals surface area contributed by atoms with Crippen molar-refractivity contribution in [3.05, 3.63) is 51.7 Å². The lowest BCUT2D eigenvalue weighted by Gasteiger charge is -2.12. The molecule has 2 aromatic rings. The molecular formula is C19H20FN3O3S3. The molecule has 1 amide bonds. The molecule has 1 heterocycles. The maximum Gasteiger partial charge on any atom is 0.341 e. The Balaban J connectivity index is 1.46. The smallest absolute Gasteiger partial charge is 0.341 e. The number of thiocarbonyl (C=S) groups is 1. The van der Waals surface area contributed by atoms with Crippen LogP contribution in [0.3, 0.4) is 0 Å². The summed E-state index contributed by atoms with van der Waals surface area (Å²) >= 11 is 8.11. The van der Waals surface area contributed by atoms with Crippen LogP contribution in [0.4, 0.5) is 9.39 Å². The maximum absolute atomic E-state index is 12.9. The number of aryl methyl sites for hydroxylation is 1. The summed E-state index contributed by atoms with van der Waals surface area (Å²) in [6.45, 7) is 0. The van der Waals surface area contributed by atoms with E-state index in [9.17, 15) is 14.0 Å². The number of thioether (sulfide) groups is 1. The number of ether oxygens (including phenoxy) is 1. The first-order valence-electron chi connectivity index (χ1n) is 8.88. The van der Waals surface area contributed by atoms with E-state index >= 15 is 0 Å². The van der Waals surface area contributed by atoms with Gasteiger partial charge in [-0.25, -0.2) is 9.18 Å². The number of thiophene rings is 1. The predicted octanol–water partition coefficient (Wildman–Crippen LogP) is 3.41. The van der Waals surface area contributed by atoms with Gasteiger partial charge >= 0.3 is 5.97 Å². The number of benzene rings is 1. The first-order valence-corrected chi connectivity index (χ1v) is 11.3. The van der Waals surface area contributed by atoms with E-state index in [1.807, 2.05) is 0 Å². The summed E-state index contributed by atoms with van der Waals surface area (Å²) in [6.07, 6.45) is 2.81. The number of anilines is 1. The number of esters is 1. The van der Waals surface area contributed by atoms with Crippen LogP contribution in [-0.4, -0.2) is 29.9 Å². The number of methoxy groups -OCH3 is 1. The molecule has 6 nitrogen and oxygen atoms in total. The summed E-state index contributed by atoms with van der Waals surface area (Å²) in [6, 6.07) is 6.17. The third kappa shape index (κ3) is 5.68. The highest BCUT2D eigenvalue weighted by molar-refractivity contribution is 7.99. The lowest BCUT2D eigenvalue weighted by molar-refractivity contribution is -0.119. The lowest BCUT2D eigenvalue weighted by atomic mass is 10.1. The maximum atomic E-state index is 12.9. The second-order valence-electron chi connectivity index (χ2n) is 6.30. The van der Waals surface area contributed by atoms with Gasteiger partial charge in [0.05, 0.1) is 18.4 Å². The predicted molar refractivity (Wildman–Crippen MR) is 118 cm³/mol. The summed E-state index contributed by atoms with van der Waals surface area (Å²) in [5.41, 5.74) is 7.66. The Labute approximate surface area is 181 Å². The second-order valence-corrected chi connectivity index (χ2v) is 8.80. The van der Waals surface area contributed by atoms with Crippen LogP contribution < -0.4 is 16.2 Å². The summed E-state index contributed by atoms with van der Waals surface area (Å²) in [5, 5.41) is 3.79. The molecule has 29 heavy (non-hydrogen) atoms. The Morgan fingerprint density at radius 3 is 2.72 bits per heavy atom. The van der Waals surface area contributed by atoms with E-state index in [2.05, 4.69) is 16.2 Å². The Hall–Kier alpha value is -2.17. The quantitative estimate of drug-likeness (QED) is 0.351. The topological polar surface area (TPSA) is 79.5 Å². The van der Waals surface area contributed by atoms with E-state index in [0.717, 1.165) is 35.3 Å². The Bertz CT molecular complexity index is 915. The monoisotopic (exact) mass is 453 g/mol. The molecule has 0 spiro atoms. The summed E-state index contributed by atoms with van der Waals surface area (Å²) < 4.78 is 17.8. The average Bonchev–Trinajstić information content (AvgIpc) is 3.28. The molecule has 0 fully saturated rings. The fraction of sp³-hybridized carbons (Fsp3) is 0.316. The van der Waals surface area contributed by atoms with Gasteiger partial charge in [0.25, 0.3) is 0 Å². The van der Waals surface area contributed by atoms with Gasteiger partial charge < -0.3 is 10.1 Å². The zero-order chi connectivity index (χ0) is 20.8. The van der Waals surface area contributed by atoms with Gasteiger partial charge in [0.1, 0.15) is 10.8 Å². The molecule has 10 heteroatoms. The zero-order valence-electron chi connectivity index (χ0n) is 15.7.